The molecule has 0 aliphatic carbocycles. The summed E-state index contributed by atoms with van der Waals surface area (Å²) < 4.78 is 5.41. The highest BCUT2D eigenvalue weighted by atomic mass is 16.5. The molecule has 1 aliphatic heterocycles. The molecule has 75 heavy (non-hydrogen) atoms. The maximum absolute atomic E-state index is 11.9. The van der Waals surface area contributed by atoms with Gasteiger partial charge in [-0.3, -0.25) is 14.6 Å². The van der Waals surface area contributed by atoms with Gasteiger partial charge in [0.05, 0.1) is 18.2 Å². The third-order valence-electron chi connectivity index (χ3n) is 15.8. The molecule has 0 aromatic rings. The van der Waals surface area contributed by atoms with E-state index in [1.807, 2.05) is 13.1 Å². The van der Waals surface area contributed by atoms with Crippen molar-refractivity contribution in [2.75, 3.05) is 19.7 Å². The van der Waals surface area contributed by atoms with E-state index in [4.69, 9.17) is 10.6 Å². The van der Waals surface area contributed by atoms with E-state index in [-0.39, 0.29) is 22.7 Å². The van der Waals surface area contributed by atoms with Gasteiger partial charge in [-0.1, -0.05) is 296 Å². The van der Waals surface area contributed by atoms with Crippen molar-refractivity contribution in [2.24, 2.45) is 44.5 Å². The Morgan fingerprint density at radius 2 is 1.03 bits per heavy atom. The number of nitrogens with two attached hydrogens (primary N) is 1. The van der Waals surface area contributed by atoms with Gasteiger partial charge in [0, 0.05) is 42.4 Å². The summed E-state index contributed by atoms with van der Waals surface area (Å²) in [6, 6.07) is 0.420. The highest BCUT2D eigenvalue weighted by Gasteiger charge is 2.39. The molecule has 0 saturated carbocycles. The molecule has 0 radical (unpaired) electrons. The van der Waals surface area contributed by atoms with Crippen molar-refractivity contribution in [3.8, 4) is 0 Å². The van der Waals surface area contributed by atoms with E-state index in [0.29, 0.717) is 24.3 Å². The monoisotopic (exact) mass is 1060 g/mol. The van der Waals surface area contributed by atoms with Crippen LogP contribution in [0.3, 0.4) is 0 Å². The molecule has 0 amide bonds. The number of unbranched alkanes of at least 4 members (excludes halogenated alkanes) is 24. The van der Waals surface area contributed by atoms with Crippen LogP contribution in [0.15, 0.2) is 22.4 Å². The van der Waals surface area contributed by atoms with E-state index in [1.165, 1.54) is 192 Å². The third-order valence-corrected chi connectivity index (χ3v) is 15.8. The molecule has 0 bridgehead atoms. The molecule has 7 nitrogen and oxygen atoms in total. The molecule has 0 spiro atoms. The van der Waals surface area contributed by atoms with E-state index in [1.54, 1.807) is 6.92 Å². The SMILES string of the molecule is C=C1CCCN1C(CC(C)(C)/C(C=NCCCC)=N/N)C(C)(C)C.CCCCCCCCC(C)C(=O)OCCCCCCC(C)CC.CCCCCCCCC(CCCCCC)C(C)=O.CCCCCCCCCC. The molecule has 2 N–H and O–H groups in total. The van der Waals surface area contributed by atoms with Gasteiger partial charge >= 0.3 is 5.97 Å². The Hall–Kier alpha value is -2.18. The highest BCUT2D eigenvalue weighted by molar-refractivity contribution is 6.32. The molecule has 0 aromatic heterocycles. The summed E-state index contributed by atoms with van der Waals surface area (Å²) in [5, 5.41) is 4.06. The zero-order valence-electron chi connectivity index (χ0n) is 53.7. The predicted octanol–water partition coefficient (Wildman–Crippen LogP) is 21.6. The van der Waals surface area contributed by atoms with Gasteiger partial charge in [-0.15, -0.1) is 0 Å². The fraction of sp³-hybridized carbons (Fsp3) is 0.912. The van der Waals surface area contributed by atoms with Crippen LogP contribution in [0.5, 0.6) is 0 Å². The largest absolute Gasteiger partial charge is 0.465 e. The average Bonchev–Trinajstić information content (AvgIpc) is 3.81. The second kappa shape index (κ2) is 53.8. The maximum atomic E-state index is 11.9. The number of carbonyl (C=O) groups excluding carboxylic acids is 2. The number of aliphatic imine (C=N–C) groups is 1. The molecule has 1 saturated heterocycles. The minimum atomic E-state index is -0.120. The highest BCUT2D eigenvalue weighted by Crippen LogP contribution is 2.39. The van der Waals surface area contributed by atoms with Crippen molar-refractivity contribution in [1.29, 1.82) is 0 Å². The van der Waals surface area contributed by atoms with E-state index in [2.05, 4.69) is 112 Å². The number of esters is 1. The first kappa shape index (κ1) is 77.1. The standard InChI is InChI=1S/C21H42O2.C20H38N4.C17H34O.C10H22/c1-5-7-8-9-10-14-17-20(4)21(22)23-18-15-12-11-13-16-19(3)6-2;1-8-9-12-22-15-17(23-21)20(6,7)14-18(19(3,4)5)24-13-10-11-16(24)2;1-4-6-8-10-11-13-15-17(16(3)18)14-12-9-7-5-2;1-3-5-7-9-10-8-6-4-2/h19-20H,5-18H2,1-4H3;15,18H,2,8-14,21H2,1,3-7H3;17H,4-15H2,1-3H3;3-10H2,1-2H3/b;22-15?,23-17+;;. The lowest BCUT2D eigenvalue weighted by Gasteiger charge is -2.43. The normalized spacial score (nSPS) is 14.6. The molecule has 1 fully saturated rings. The first-order valence-corrected chi connectivity index (χ1v) is 32.8. The van der Waals surface area contributed by atoms with Crippen LogP contribution >= 0.6 is 0 Å². The number of ketones is 1. The van der Waals surface area contributed by atoms with Gasteiger partial charge in [-0.25, -0.2) is 0 Å². The van der Waals surface area contributed by atoms with E-state index in [0.717, 1.165) is 82.5 Å². The molecule has 446 valence electrons. The Bertz CT molecular complexity index is 1330. The van der Waals surface area contributed by atoms with Crippen LogP contribution in [0.25, 0.3) is 0 Å². The number of hydrogen-bond acceptors (Lipinski definition) is 7. The van der Waals surface area contributed by atoms with Crippen LogP contribution in [0.2, 0.25) is 0 Å². The summed E-state index contributed by atoms with van der Waals surface area (Å²) in [4.78, 5) is 30.5. The zero-order valence-corrected chi connectivity index (χ0v) is 53.7. The van der Waals surface area contributed by atoms with Crippen molar-refractivity contribution in [2.45, 2.75) is 354 Å². The number of hydrogen-bond donors (Lipinski definition) is 1. The Labute approximate surface area is 471 Å². The molecule has 4 atom stereocenters. The lowest BCUT2D eigenvalue weighted by atomic mass is 9.73. The lowest BCUT2D eigenvalue weighted by Crippen LogP contribution is -2.46. The smallest absolute Gasteiger partial charge is 0.308 e. The number of allylic oxidation sites excluding steroid dienone is 1. The topological polar surface area (TPSA) is 97.4 Å². The average molecular weight is 1060 g/mol. The summed E-state index contributed by atoms with van der Waals surface area (Å²) in [6.45, 7) is 40.1. The van der Waals surface area contributed by atoms with E-state index in [9.17, 15) is 9.59 Å². The number of likely N-dealkylation sites (tertiary alicyclic amines) is 1. The van der Waals surface area contributed by atoms with Crippen molar-refractivity contribution in [3.05, 3.63) is 12.3 Å². The number of nitrogens with zero attached hydrogens (tertiary/aromatic N) is 3. The third kappa shape index (κ3) is 47.5. The zero-order chi connectivity index (χ0) is 57.0. The Kier molecular flexibility index (Phi) is 55.3. The van der Waals surface area contributed by atoms with Crippen LogP contribution in [-0.2, 0) is 14.3 Å². The summed E-state index contributed by atoms with van der Waals surface area (Å²) in [5.41, 5.74) is 2.21. The fourth-order valence-electron chi connectivity index (χ4n) is 9.95. The predicted molar refractivity (Wildman–Crippen MR) is 336 cm³/mol. The molecule has 0 aromatic carbocycles. The van der Waals surface area contributed by atoms with Gasteiger partial charge in [0.25, 0.3) is 0 Å². The molecular formula is C68H136N4O3. The summed E-state index contributed by atoms with van der Waals surface area (Å²) in [6.07, 6.45) is 50.4. The molecule has 1 heterocycles. The maximum Gasteiger partial charge on any atom is 0.308 e. The van der Waals surface area contributed by atoms with E-state index >= 15 is 0 Å². The first-order valence-electron chi connectivity index (χ1n) is 32.8. The van der Waals surface area contributed by atoms with Crippen LogP contribution in [0, 0.1) is 28.6 Å². The van der Waals surface area contributed by atoms with Gasteiger partial charge in [-0.2, -0.15) is 5.10 Å². The van der Waals surface area contributed by atoms with Gasteiger partial charge in [0.1, 0.15) is 5.78 Å². The second-order valence-electron chi connectivity index (χ2n) is 24.9. The first-order chi connectivity index (χ1) is 35.9. The minimum absolute atomic E-state index is 0.0122. The lowest BCUT2D eigenvalue weighted by molar-refractivity contribution is -0.148. The number of carbonyl (C=O) groups is 2. The van der Waals surface area contributed by atoms with Gasteiger partial charge in [-0.05, 0) is 69.6 Å². The second-order valence-corrected chi connectivity index (χ2v) is 24.9. The summed E-state index contributed by atoms with van der Waals surface area (Å²) in [7, 11) is 0. The van der Waals surface area contributed by atoms with E-state index < -0.39 is 0 Å². The van der Waals surface area contributed by atoms with Crippen LogP contribution in [0.4, 0.5) is 0 Å². The Morgan fingerprint density at radius 3 is 1.43 bits per heavy atom. The van der Waals surface area contributed by atoms with Crippen molar-refractivity contribution in [3.63, 3.8) is 0 Å². The van der Waals surface area contributed by atoms with Crippen molar-refractivity contribution in [1.82, 2.24) is 4.90 Å². The van der Waals surface area contributed by atoms with Gasteiger partial charge < -0.3 is 15.5 Å². The molecule has 1 aliphatic rings. The summed E-state index contributed by atoms with van der Waals surface area (Å²) in [5.74, 6) is 7.42. The van der Waals surface area contributed by atoms with Crippen molar-refractivity contribution < 1.29 is 14.3 Å². The molecule has 7 heteroatoms. The Balaban J connectivity index is -0.000000958. The number of rotatable bonds is 44. The van der Waals surface area contributed by atoms with Crippen LogP contribution in [0.1, 0.15) is 348 Å². The number of ether oxygens (including phenoxy) is 1. The van der Waals surface area contributed by atoms with Gasteiger partial charge in [0.15, 0.2) is 0 Å². The Morgan fingerprint density at radius 1 is 0.613 bits per heavy atom. The fourth-order valence-corrected chi connectivity index (χ4v) is 9.95. The molecule has 4 unspecified atom stereocenters. The molecule has 1 rings (SSSR count). The number of hydrazone groups is 1. The summed E-state index contributed by atoms with van der Waals surface area (Å²) >= 11 is 0. The van der Waals surface area contributed by atoms with Gasteiger partial charge in [0.2, 0.25) is 0 Å². The van der Waals surface area contributed by atoms with Crippen molar-refractivity contribution >= 4 is 23.7 Å². The quantitative estimate of drug-likeness (QED) is 0.0216. The van der Waals surface area contributed by atoms with Crippen LogP contribution < -0.4 is 5.84 Å². The number of Topliss-reactive ketones (excluding diaryl/α,β-unsaturated/α-hetero) is 1. The van der Waals surface area contributed by atoms with Crippen LogP contribution in [-0.4, -0.2) is 54.3 Å². The minimum Gasteiger partial charge on any atom is -0.465 e. The molecular weight excluding hydrogens is 921 g/mol.